The number of unbranched alkanes of at least 4 members (excludes halogenated alkanes) is 1. The van der Waals surface area contributed by atoms with Crippen molar-refractivity contribution in [2.45, 2.75) is 26.3 Å². The van der Waals surface area contributed by atoms with E-state index in [1.807, 2.05) is 42.5 Å². The summed E-state index contributed by atoms with van der Waals surface area (Å²) in [6.07, 6.45) is 3.91. The zero-order chi connectivity index (χ0) is 17.7. The van der Waals surface area contributed by atoms with Gasteiger partial charge in [0.2, 0.25) is 0 Å². The van der Waals surface area contributed by atoms with E-state index in [9.17, 15) is 0 Å². The van der Waals surface area contributed by atoms with Crippen LogP contribution in [0.1, 0.15) is 25.3 Å². The van der Waals surface area contributed by atoms with Crippen molar-refractivity contribution < 1.29 is 0 Å². The van der Waals surface area contributed by atoms with Gasteiger partial charge in [0, 0.05) is 30.9 Å². The van der Waals surface area contributed by atoms with E-state index in [1.54, 1.807) is 6.20 Å². The average Bonchev–Trinajstić information content (AvgIpc) is 2.64. The molecule has 1 aromatic heterocycles. The van der Waals surface area contributed by atoms with Crippen LogP contribution in [-0.2, 0) is 6.54 Å². The second-order valence-corrected chi connectivity index (χ2v) is 5.97. The summed E-state index contributed by atoms with van der Waals surface area (Å²) in [5.41, 5.74) is 1.03. The van der Waals surface area contributed by atoms with Crippen molar-refractivity contribution in [3.63, 3.8) is 0 Å². The van der Waals surface area contributed by atoms with Gasteiger partial charge in [-0.15, -0.1) is 0 Å². The first-order valence-electron chi connectivity index (χ1n) is 8.70. The Balaban J connectivity index is 1.68. The summed E-state index contributed by atoms with van der Waals surface area (Å²) in [5, 5.41) is 10.7. The fourth-order valence-corrected chi connectivity index (χ4v) is 2.47. The second kappa shape index (κ2) is 11.3. The van der Waals surface area contributed by atoms with Gasteiger partial charge in [0.1, 0.15) is 5.82 Å². The van der Waals surface area contributed by atoms with Crippen molar-refractivity contribution in [1.82, 2.24) is 15.6 Å². The molecule has 0 bridgehead atoms. The maximum Gasteiger partial charge on any atom is 0.191 e. The van der Waals surface area contributed by atoms with Crippen LogP contribution in [0.25, 0.3) is 0 Å². The van der Waals surface area contributed by atoms with E-state index in [0.717, 1.165) is 54.8 Å². The second-order valence-electron chi connectivity index (χ2n) is 5.56. The van der Waals surface area contributed by atoms with Gasteiger partial charge in [0.05, 0.1) is 6.54 Å². The number of aromatic nitrogens is 1. The first-order valence-corrected chi connectivity index (χ1v) is 9.08. The Bertz CT molecular complexity index is 645. The van der Waals surface area contributed by atoms with Crippen molar-refractivity contribution >= 4 is 23.4 Å². The van der Waals surface area contributed by atoms with Crippen LogP contribution in [0, 0.1) is 0 Å². The first kappa shape index (κ1) is 19.1. The van der Waals surface area contributed by atoms with Gasteiger partial charge >= 0.3 is 0 Å². The molecule has 1 heterocycles. The Labute approximate surface area is 154 Å². The third-order valence-corrected chi connectivity index (χ3v) is 3.95. The minimum Gasteiger partial charge on any atom is -0.370 e. The zero-order valence-corrected chi connectivity index (χ0v) is 15.4. The number of nitrogens with one attached hydrogen (secondary N) is 3. The van der Waals surface area contributed by atoms with Crippen LogP contribution in [0.3, 0.4) is 0 Å². The number of hydrogen-bond donors (Lipinski definition) is 3. The molecule has 0 atom stereocenters. The molecule has 0 amide bonds. The lowest BCUT2D eigenvalue weighted by Crippen LogP contribution is -2.37. The Hall–Kier alpha value is -2.27. The summed E-state index contributed by atoms with van der Waals surface area (Å²) in [5.74, 6) is 1.74. The van der Waals surface area contributed by atoms with Crippen molar-refractivity contribution in [1.29, 1.82) is 0 Å². The zero-order valence-electron chi connectivity index (χ0n) is 14.6. The summed E-state index contributed by atoms with van der Waals surface area (Å²) in [6, 6.07) is 13.7. The largest absolute Gasteiger partial charge is 0.370 e. The molecule has 0 radical (unpaired) electrons. The maximum atomic E-state index is 6.17. The Morgan fingerprint density at radius 2 is 1.84 bits per heavy atom. The molecule has 25 heavy (non-hydrogen) atoms. The van der Waals surface area contributed by atoms with E-state index in [4.69, 9.17) is 11.6 Å². The van der Waals surface area contributed by atoms with Crippen LogP contribution in [-0.4, -0.2) is 30.6 Å². The van der Waals surface area contributed by atoms with Gasteiger partial charge in [-0.3, -0.25) is 0 Å². The summed E-state index contributed by atoms with van der Waals surface area (Å²) in [6.45, 7) is 5.24. The standard InChI is InChI=1S/C19H26ClN5/c1-2-21-19(25-15-16-9-3-4-10-17(16)20)24-14-8-7-13-23-18-11-5-6-12-22-18/h3-6,9-12H,2,7-8,13-15H2,1H3,(H,22,23)(H2,21,24,25). The van der Waals surface area contributed by atoms with Gasteiger partial charge in [0.15, 0.2) is 5.96 Å². The van der Waals surface area contributed by atoms with E-state index in [2.05, 4.69) is 32.9 Å². The molecule has 6 heteroatoms. The molecule has 1 aromatic carbocycles. The number of benzene rings is 1. The van der Waals surface area contributed by atoms with Crippen LogP contribution in [0.2, 0.25) is 5.02 Å². The number of rotatable bonds is 9. The van der Waals surface area contributed by atoms with Gasteiger partial charge in [-0.25, -0.2) is 9.98 Å². The smallest absolute Gasteiger partial charge is 0.191 e. The number of hydrogen-bond acceptors (Lipinski definition) is 3. The summed E-state index contributed by atoms with van der Waals surface area (Å²) >= 11 is 6.17. The molecule has 0 aliphatic heterocycles. The minimum absolute atomic E-state index is 0.566. The molecule has 0 saturated carbocycles. The minimum atomic E-state index is 0.566. The molecule has 3 N–H and O–H groups in total. The van der Waals surface area contributed by atoms with Crippen LogP contribution in [0.4, 0.5) is 5.82 Å². The number of nitrogens with zero attached hydrogens (tertiary/aromatic N) is 2. The molecule has 0 aliphatic carbocycles. The predicted molar refractivity (Wildman–Crippen MR) is 106 cm³/mol. The van der Waals surface area contributed by atoms with Crippen molar-refractivity contribution in [3.05, 3.63) is 59.2 Å². The number of anilines is 1. The van der Waals surface area contributed by atoms with Crippen LogP contribution in [0.15, 0.2) is 53.7 Å². The van der Waals surface area contributed by atoms with Gasteiger partial charge in [-0.05, 0) is 43.5 Å². The lowest BCUT2D eigenvalue weighted by Gasteiger charge is -2.12. The molecular weight excluding hydrogens is 334 g/mol. The van der Waals surface area contributed by atoms with Gasteiger partial charge in [-0.1, -0.05) is 35.9 Å². The molecule has 0 saturated heterocycles. The quantitative estimate of drug-likeness (QED) is 0.363. The first-order chi connectivity index (χ1) is 12.3. The molecule has 2 aromatic rings. The van der Waals surface area contributed by atoms with Gasteiger partial charge in [0.25, 0.3) is 0 Å². The summed E-state index contributed by atoms with van der Waals surface area (Å²) in [4.78, 5) is 8.84. The maximum absolute atomic E-state index is 6.17. The number of pyridine rings is 1. The van der Waals surface area contributed by atoms with E-state index >= 15 is 0 Å². The van der Waals surface area contributed by atoms with Crippen LogP contribution < -0.4 is 16.0 Å². The molecule has 0 spiro atoms. The van der Waals surface area contributed by atoms with E-state index in [0.29, 0.717) is 6.54 Å². The number of aliphatic imine (C=N–C) groups is 1. The Kier molecular flexibility index (Phi) is 8.63. The highest BCUT2D eigenvalue weighted by molar-refractivity contribution is 6.31. The monoisotopic (exact) mass is 359 g/mol. The number of halogens is 1. The van der Waals surface area contributed by atoms with Crippen molar-refractivity contribution in [3.8, 4) is 0 Å². The van der Waals surface area contributed by atoms with Crippen LogP contribution in [0.5, 0.6) is 0 Å². The van der Waals surface area contributed by atoms with Crippen molar-refractivity contribution in [2.75, 3.05) is 25.0 Å². The molecule has 134 valence electrons. The number of guanidine groups is 1. The van der Waals surface area contributed by atoms with E-state index in [1.165, 1.54) is 0 Å². The SMILES string of the molecule is CCNC(=NCc1ccccc1Cl)NCCCCNc1ccccn1. The Morgan fingerprint density at radius 1 is 1.04 bits per heavy atom. The summed E-state index contributed by atoms with van der Waals surface area (Å²) < 4.78 is 0. The Morgan fingerprint density at radius 3 is 2.60 bits per heavy atom. The normalized spacial score (nSPS) is 11.2. The van der Waals surface area contributed by atoms with E-state index < -0.39 is 0 Å². The topological polar surface area (TPSA) is 61.3 Å². The lowest BCUT2D eigenvalue weighted by molar-refractivity contribution is 0.712. The molecule has 0 aliphatic rings. The fourth-order valence-electron chi connectivity index (χ4n) is 2.27. The lowest BCUT2D eigenvalue weighted by atomic mass is 10.2. The molecule has 2 rings (SSSR count). The molecule has 0 unspecified atom stereocenters. The third-order valence-electron chi connectivity index (χ3n) is 3.58. The average molecular weight is 360 g/mol. The molecule has 5 nitrogen and oxygen atoms in total. The molecular formula is C19H26ClN5. The summed E-state index contributed by atoms with van der Waals surface area (Å²) in [7, 11) is 0. The fraction of sp³-hybridized carbons (Fsp3) is 0.368. The van der Waals surface area contributed by atoms with Gasteiger partial charge in [-0.2, -0.15) is 0 Å². The highest BCUT2D eigenvalue weighted by atomic mass is 35.5. The van der Waals surface area contributed by atoms with E-state index in [-0.39, 0.29) is 0 Å². The van der Waals surface area contributed by atoms with Crippen LogP contribution >= 0.6 is 11.6 Å². The highest BCUT2D eigenvalue weighted by Gasteiger charge is 2.00. The predicted octanol–water partition coefficient (Wildman–Crippen LogP) is 3.68. The highest BCUT2D eigenvalue weighted by Crippen LogP contribution is 2.15. The molecule has 0 fully saturated rings. The van der Waals surface area contributed by atoms with Gasteiger partial charge < -0.3 is 16.0 Å². The van der Waals surface area contributed by atoms with Crippen molar-refractivity contribution in [2.24, 2.45) is 4.99 Å². The third kappa shape index (κ3) is 7.44.